The number of hydrogen-bond acceptors (Lipinski definition) is 3. The molecule has 2 aromatic rings. The first-order valence-electron chi connectivity index (χ1n) is 8.29. The Morgan fingerprint density at radius 1 is 1.16 bits per heavy atom. The van der Waals surface area contributed by atoms with Crippen LogP contribution in [0.3, 0.4) is 0 Å². The summed E-state index contributed by atoms with van der Waals surface area (Å²) in [5, 5.41) is 0. The second-order valence-electron chi connectivity index (χ2n) is 6.00. The fourth-order valence-corrected chi connectivity index (χ4v) is 2.69. The summed E-state index contributed by atoms with van der Waals surface area (Å²) in [7, 11) is 1.41. The molecule has 0 bridgehead atoms. The minimum Gasteiger partial charge on any atom is -0.494 e. The lowest BCUT2D eigenvalue weighted by molar-refractivity contribution is 0.0980. The van der Waals surface area contributed by atoms with Gasteiger partial charge in [0.05, 0.1) is 13.7 Å². The van der Waals surface area contributed by atoms with Crippen molar-refractivity contribution in [2.24, 2.45) is 0 Å². The summed E-state index contributed by atoms with van der Waals surface area (Å²) in [6, 6.07) is 9.71. The molecule has 4 nitrogen and oxygen atoms in total. The summed E-state index contributed by atoms with van der Waals surface area (Å²) >= 11 is 0. The molecule has 25 heavy (non-hydrogen) atoms. The molecule has 2 aromatic carbocycles. The number of hydrogen-bond donors (Lipinski definition) is 0. The Bertz CT molecular complexity index is 759. The topological polar surface area (TPSA) is 38.8 Å². The molecule has 0 heterocycles. The van der Waals surface area contributed by atoms with Crippen LogP contribution in [0.2, 0.25) is 0 Å². The minimum atomic E-state index is -0.499. The van der Waals surface area contributed by atoms with Gasteiger partial charge in [-0.3, -0.25) is 4.79 Å². The zero-order valence-corrected chi connectivity index (χ0v) is 15.3. The zero-order chi connectivity index (χ0) is 18.6. The van der Waals surface area contributed by atoms with Gasteiger partial charge in [0.1, 0.15) is 5.75 Å². The van der Waals surface area contributed by atoms with Crippen molar-refractivity contribution >= 4 is 11.6 Å². The molecular formula is C20H24FNO3. The van der Waals surface area contributed by atoms with Gasteiger partial charge in [0.2, 0.25) is 0 Å². The molecule has 0 N–H and O–H groups in total. The van der Waals surface area contributed by atoms with E-state index in [0.717, 1.165) is 11.3 Å². The molecular weight excluding hydrogens is 321 g/mol. The summed E-state index contributed by atoms with van der Waals surface area (Å²) in [5.41, 5.74) is 1.91. The van der Waals surface area contributed by atoms with Crippen LogP contribution in [0.5, 0.6) is 11.5 Å². The second-order valence-corrected chi connectivity index (χ2v) is 6.00. The molecule has 134 valence electrons. The van der Waals surface area contributed by atoms with Crippen LogP contribution in [0.4, 0.5) is 10.1 Å². The first-order chi connectivity index (χ1) is 11.9. The molecule has 5 heteroatoms. The van der Waals surface area contributed by atoms with Crippen LogP contribution in [0.1, 0.15) is 36.7 Å². The predicted octanol–water partition coefficient (Wildman–Crippen LogP) is 4.60. The van der Waals surface area contributed by atoms with Crippen molar-refractivity contribution in [3.63, 3.8) is 0 Å². The van der Waals surface area contributed by atoms with Gasteiger partial charge in [0.15, 0.2) is 11.6 Å². The molecule has 0 aliphatic carbocycles. The summed E-state index contributed by atoms with van der Waals surface area (Å²) in [4.78, 5) is 14.6. The van der Waals surface area contributed by atoms with Crippen LogP contribution in [0.25, 0.3) is 0 Å². The van der Waals surface area contributed by atoms with E-state index in [2.05, 4.69) is 0 Å². The molecule has 0 atom stereocenters. The number of methoxy groups -OCH3 is 1. The largest absolute Gasteiger partial charge is 0.494 e. The van der Waals surface area contributed by atoms with E-state index in [1.807, 2.05) is 27.7 Å². The van der Waals surface area contributed by atoms with E-state index in [1.165, 1.54) is 19.2 Å². The van der Waals surface area contributed by atoms with E-state index in [4.69, 9.17) is 9.47 Å². The Balaban J connectivity index is 2.38. The van der Waals surface area contributed by atoms with Gasteiger partial charge in [0, 0.05) is 23.4 Å². The molecule has 0 spiro atoms. The highest BCUT2D eigenvalue weighted by Crippen LogP contribution is 2.27. The van der Waals surface area contributed by atoms with E-state index in [0.29, 0.717) is 17.9 Å². The van der Waals surface area contributed by atoms with Crippen LogP contribution in [0.15, 0.2) is 36.4 Å². The Kier molecular flexibility index (Phi) is 6.02. The Hall–Kier alpha value is -2.56. The van der Waals surface area contributed by atoms with Gasteiger partial charge < -0.3 is 14.4 Å². The van der Waals surface area contributed by atoms with E-state index in [-0.39, 0.29) is 17.7 Å². The van der Waals surface area contributed by atoms with Gasteiger partial charge in [0.25, 0.3) is 5.91 Å². The fraction of sp³-hybridized carbons (Fsp3) is 0.350. The number of rotatable bonds is 6. The molecule has 0 aromatic heterocycles. The molecule has 0 aliphatic heterocycles. The number of carbonyl (C=O) groups excluding carboxylic acids is 1. The minimum absolute atomic E-state index is 0.132. The third-order valence-corrected chi connectivity index (χ3v) is 3.87. The molecule has 0 unspecified atom stereocenters. The van der Waals surface area contributed by atoms with Crippen molar-refractivity contribution in [3.05, 3.63) is 53.3 Å². The standard InChI is InChI=1S/C20H24FNO3/c1-6-25-18-9-7-15(11-14(18)4)20(23)22(13(2)3)16-8-10-19(24-5)17(21)12-16/h7-13H,6H2,1-5H3. The molecule has 0 saturated heterocycles. The second kappa shape index (κ2) is 8.01. The number of amides is 1. The average molecular weight is 345 g/mol. The molecule has 1 amide bonds. The van der Waals surface area contributed by atoms with Crippen LogP contribution in [-0.4, -0.2) is 25.7 Å². The van der Waals surface area contributed by atoms with Crippen LogP contribution >= 0.6 is 0 Å². The number of carbonyl (C=O) groups is 1. The molecule has 0 aliphatic rings. The van der Waals surface area contributed by atoms with Gasteiger partial charge in [-0.2, -0.15) is 0 Å². The number of anilines is 1. The smallest absolute Gasteiger partial charge is 0.258 e. The van der Waals surface area contributed by atoms with Crippen molar-refractivity contribution in [3.8, 4) is 11.5 Å². The lowest BCUT2D eigenvalue weighted by Crippen LogP contribution is -2.37. The SMILES string of the molecule is CCOc1ccc(C(=O)N(c2ccc(OC)c(F)c2)C(C)C)cc1C. The van der Waals surface area contributed by atoms with Crippen molar-refractivity contribution in [2.45, 2.75) is 33.7 Å². The Morgan fingerprint density at radius 3 is 2.36 bits per heavy atom. The third kappa shape index (κ3) is 4.10. The molecule has 0 saturated carbocycles. The van der Waals surface area contributed by atoms with Gasteiger partial charge in [-0.05, 0) is 63.6 Å². The lowest BCUT2D eigenvalue weighted by atomic mass is 10.1. The first kappa shape index (κ1) is 18.8. The maximum atomic E-state index is 14.1. The van der Waals surface area contributed by atoms with Gasteiger partial charge >= 0.3 is 0 Å². The predicted molar refractivity (Wildman–Crippen MR) is 97.2 cm³/mol. The molecule has 2 rings (SSSR count). The highest BCUT2D eigenvalue weighted by molar-refractivity contribution is 6.06. The summed E-state index contributed by atoms with van der Waals surface area (Å²) < 4.78 is 24.5. The number of aryl methyl sites for hydroxylation is 1. The molecule has 0 fully saturated rings. The van der Waals surface area contributed by atoms with Gasteiger partial charge in [-0.15, -0.1) is 0 Å². The normalized spacial score (nSPS) is 10.7. The Labute approximate surface area is 148 Å². The van der Waals surface area contributed by atoms with E-state index in [9.17, 15) is 9.18 Å². The van der Waals surface area contributed by atoms with E-state index >= 15 is 0 Å². The van der Waals surface area contributed by atoms with Gasteiger partial charge in [-0.1, -0.05) is 0 Å². The van der Waals surface area contributed by atoms with Gasteiger partial charge in [-0.25, -0.2) is 4.39 Å². The first-order valence-corrected chi connectivity index (χ1v) is 8.29. The summed E-state index contributed by atoms with van der Waals surface area (Å²) in [6.07, 6.45) is 0. The summed E-state index contributed by atoms with van der Waals surface area (Å²) in [5.74, 6) is 0.217. The zero-order valence-electron chi connectivity index (χ0n) is 15.3. The highest BCUT2D eigenvalue weighted by atomic mass is 19.1. The maximum Gasteiger partial charge on any atom is 0.258 e. The average Bonchev–Trinajstić information content (AvgIpc) is 2.56. The number of ether oxygens (including phenoxy) is 2. The Morgan fingerprint density at radius 2 is 1.84 bits per heavy atom. The van der Waals surface area contributed by atoms with Crippen molar-refractivity contribution in [1.82, 2.24) is 0 Å². The summed E-state index contributed by atoms with van der Waals surface area (Å²) in [6.45, 7) is 8.16. The number of halogens is 1. The van der Waals surface area contributed by atoms with Crippen molar-refractivity contribution < 1.29 is 18.7 Å². The number of nitrogens with zero attached hydrogens (tertiary/aromatic N) is 1. The highest BCUT2D eigenvalue weighted by Gasteiger charge is 2.22. The van der Waals surface area contributed by atoms with Crippen LogP contribution in [-0.2, 0) is 0 Å². The van der Waals surface area contributed by atoms with E-state index < -0.39 is 5.82 Å². The molecule has 0 radical (unpaired) electrons. The van der Waals surface area contributed by atoms with Crippen molar-refractivity contribution in [2.75, 3.05) is 18.6 Å². The third-order valence-electron chi connectivity index (χ3n) is 3.87. The van der Waals surface area contributed by atoms with E-state index in [1.54, 1.807) is 29.2 Å². The quantitative estimate of drug-likeness (QED) is 0.768. The van der Waals surface area contributed by atoms with Crippen molar-refractivity contribution in [1.29, 1.82) is 0 Å². The maximum absolute atomic E-state index is 14.1. The monoisotopic (exact) mass is 345 g/mol. The lowest BCUT2D eigenvalue weighted by Gasteiger charge is -2.27. The van der Waals surface area contributed by atoms with Crippen LogP contribution < -0.4 is 14.4 Å². The fourth-order valence-electron chi connectivity index (χ4n) is 2.69. The number of benzene rings is 2. The van der Waals surface area contributed by atoms with Crippen LogP contribution in [0, 0.1) is 12.7 Å².